The second-order valence-electron chi connectivity index (χ2n) is 5.32. The summed E-state index contributed by atoms with van der Waals surface area (Å²) in [6, 6.07) is 9.26. The first kappa shape index (κ1) is 21.1. The molecule has 0 aliphatic rings. The summed E-state index contributed by atoms with van der Waals surface area (Å²) < 4.78 is 32.0. The summed E-state index contributed by atoms with van der Waals surface area (Å²) >= 11 is 0. The first-order chi connectivity index (χ1) is 11.5. The molecule has 7 heteroatoms. The molecule has 0 fully saturated rings. The van der Waals surface area contributed by atoms with Gasteiger partial charge in [0.1, 0.15) is 17.4 Å². The first-order valence-corrected chi connectivity index (χ1v) is 7.55. The molecular formula is C18H22F2IN3O. The van der Waals surface area contributed by atoms with Gasteiger partial charge in [-0.2, -0.15) is 0 Å². The second kappa shape index (κ2) is 10.2. The van der Waals surface area contributed by atoms with E-state index in [1.54, 1.807) is 14.2 Å². The minimum absolute atomic E-state index is 0. The van der Waals surface area contributed by atoms with Crippen LogP contribution < -0.4 is 15.4 Å². The quantitative estimate of drug-likeness (QED) is 0.405. The number of aliphatic imine (C=N–C) groups is 1. The number of guanidine groups is 1. The standard InChI is InChI=1S/C18H21F2N3O.HI/c1-12-8-13(4-7-17(12)24-3)10-22-18(21-2)23-11-14-9-15(19)5-6-16(14)20;/h4-9H,10-11H2,1-3H3,(H2,21,22,23);1H. The third-order valence-corrected chi connectivity index (χ3v) is 3.60. The van der Waals surface area contributed by atoms with Crippen LogP contribution in [-0.2, 0) is 13.1 Å². The number of hydrogen-bond acceptors (Lipinski definition) is 2. The second-order valence-corrected chi connectivity index (χ2v) is 5.32. The molecule has 0 heterocycles. The average Bonchev–Trinajstić information content (AvgIpc) is 2.58. The van der Waals surface area contributed by atoms with Crippen LogP contribution in [0.3, 0.4) is 0 Å². The van der Waals surface area contributed by atoms with Crippen molar-refractivity contribution in [2.24, 2.45) is 4.99 Å². The summed E-state index contributed by atoms with van der Waals surface area (Å²) in [6.07, 6.45) is 0. The van der Waals surface area contributed by atoms with Gasteiger partial charge in [0.25, 0.3) is 0 Å². The Morgan fingerprint density at radius 3 is 2.44 bits per heavy atom. The summed E-state index contributed by atoms with van der Waals surface area (Å²) in [4.78, 5) is 4.08. The van der Waals surface area contributed by atoms with E-state index in [1.165, 1.54) is 6.07 Å². The molecule has 25 heavy (non-hydrogen) atoms. The molecule has 4 nitrogen and oxygen atoms in total. The third kappa shape index (κ3) is 6.15. The highest BCUT2D eigenvalue weighted by molar-refractivity contribution is 14.0. The Kier molecular flexibility index (Phi) is 8.60. The van der Waals surface area contributed by atoms with Gasteiger partial charge in [-0.15, -0.1) is 24.0 Å². The lowest BCUT2D eigenvalue weighted by molar-refractivity contribution is 0.411. The van der Waals surface area contributed by atoms with E-state index in [-0.39, 0.29) is 36.1 Å². The van der Waals surface area contributed by atoms with Crippen LogP contribution in [0.15, 0.2) is 41.4 Å². The number of benzene rings is 2. The monoisotopic (exact) mass is 461 g/mol. The molecule has 0 amide bonds. The third-order valence-electron chi connectivity index (χ3n) is 3.60. The van der Waals surface area contributed by atoms with Crippen molar-refractivity contribution >= 4 is 29.9 Å². The number of hydrogen-bond donors (Lipinski definition) is 2. The van der Waals surface area contributed by atoms with Gasteiger partial charge in [0, 0.05) is 25.7 Å². The molecule has 0 aromatic heterocycles. The molecule has 0 aliphatic heterocycles. The molecule has 0 atom stereocenters. The van der Waals surface area contributed by atoms with Crippen LogP contribution in [-0.4, -0.2) is 20.1 Å². The molecule has 2 rings (SSSR count). The van der Waals surface area contributed by atoms with Gasteiger partial charge in [0.2, 0.25) is 0 Å². The van der Waals surface area contributed by atoms with E-state index in [2.05, 4.69) is 15.6 Å². The molecule has 0 spiro atoms. The summed E-state index contributed by atoms with van der Waals surface area (Å²) in [5, 5.41) is 6.11. The number of nitrogens with one attached hydrogen (secondary N) is 2. The van der Waals surface area contributed by atoms with Crippen molar-refractivity contribution in [1.29, 1.82) is 0 Å². The zero-order chi connectivity index (χ0) is 17.5. The Balaban J connectivity index is 0.00000312. The average molecular weight is 461 g/mol. The van der Waals surface area contributed by atoms with Gasteiger partial charge in [-0.25, -0.2) is 8.78 Å². The normalized spacial score (nSPS) is 10.8. The van der Waals surface area contributed by atoms with Crippen molar-refractivity contribution < 1.29 is 13.5 Å². The predicted molar refractivity (Wildman–Crippen MR) is 107 cm³/mol. The molecule has 0 saturated heterocycles. The van der Waals surface area contributed by atoms with Gasteiger partial charge in [-0.05, 0) is 42.3 Å². The number of ether oxygens (including phenoxy) is 1. The van der Waals surface area contributed by atoms with Crippen LogP contribution in [0, 0.1) is 18.6 Å². The molecule has 0 aliphatic carbocycles. The molecule has 0 saturated carbocycles. The van der Waals surface area contributed by atoms with Crippen LogP contribution in [0.5, 0.6) is 5.75 Å². The van der Waals surface area contributed by atoms with E-state index in [4.69, 9.17) is 4.74 Å². The van der Waals surface area contributed by atoms with E-state index in [0.29, 0.717) is 12.5 Å². The summed E-state index contributed by atoms with van der Waals surface area (Å²) in [6.45, 7) is 2.67. The number of aryl methyl sites for hydroxylation is 1. The van der Waals surface area contributed by atoms with E-state index < -0.39 is 11.6 Å². The SMILES string of the molecule is CN=C(NCc1ccc(OC)c(C)c1)NCc1cc(F)ccc1F.I. The first-order valence-electron chi connectivity index (χ1n) is 7.55. The minimum Gasteiger partial charge on any atom is -0.496 e. The number of halogens is 3. The van der Waals surface area contributed by atoms with Crippen LogP contribution in [0.2, 0.25) is 0 Å². The Hall–Kier alpha value is -1.90. The molecule has 136 valence electrons. The van der Waals surface area contributed by atoms with Gasteiger partial charge >= 0.3 is 0 Å². The van der Waals surface area contributed by atoms with Crippen molar-refractivity contribution in [1.82, 2.24) is 10.6 Å². The van der Waals surface area contributed by atoms with Crippen molar-refractivity contribution in [3.8, 4) is 5.75 Å². The van der Waals surface area contributed by atoms with E-state index in [0.717, 1.165) is 29.0 Å². The molecule has 0 radical (unpaired) electrons. The number of nitrogens with zero attached hydrogens (tertiary/aromatic N) is 1. The van der Waals surface area contributed by atoms with Gasteiger partial charge in [0.05, 0.1) is 7.11 Å². The Morgan fingerprint density at radius 1 is 1.08 bits per heavy atom. The highest BCUT2D eigenvalue weighted by atomic mass is 127. The van der Waals surface area contributed by atoms with E-state index in [1.807, 2.05) is 25.1 Å². The zero-order valence-corrected chi connectivity index (χ0v) is 16.7. The van der Waals surface area contributed by atoms with Gasteiger partial charge in [-0.3, -0.25) is 4.99 Å². The fourth-order valence-electron chi connectivity index (χ4n) is 2.31. The molecule has 2 aromatic rings. The van der Waals surface area contributed by atoms with Crippen molar-refractivity contribution in [3.05, 3.63) is 64.7 Å². The highest BCUT2D eigenvalue weighted by Crippen LogP contribution is 2.18. The van der Waals surface area contributed by atoms with Crippen molar-refractivity contribution in [2.75, 3.05) is 14.2 Å². The molecule has 2 N–H and O–H groups in total. The summed E-state index contributed by atoms with van der Waals surface area (Å²) in [5.74, 6) is 0.421. The maximum absolute atomic E-state index is 13.6. The lowest BCUT2D eigenvalue weighted by Crippen LogP contribution is -2.36. The fourth-order valence-corrected chi connectivity index (χ4v) is 2.31. The molecular weight excluding hydrogens is 439 g/mol. The maximum atomic E-state index is 13.6. The largest absolute Gasteiger partial charge is 0.496 e. The van der Waals surface area contributed by atoms with Crippen LogP contribution >= 0.6 is 24.0 Å². The maximum Gasteiger partial charge on any atom is 0.191 e. The summed E-state index contributed by atoms with van der Waals surface area (Å²) in [7, 11) is 3.26. The highest BCUT2D eigenvalue weighted by Gasteiger charge is 2.06. The smallest absolute Gasteiger partial charge is 0.191 e. The van der Waals surface area contributed by atoms with Crippen molar-refractivity contribution in [3.63, 3.8) is 0 Å². The molecule has 0 bridgehead atoms. The molecule has 0 unspecified atom stereocenters. The van der Waals surface area contributed by atoms with Crippen molar-refractivity contribution in [2.45, 2.75) is 20.0 Å². The lowest BCUT2D eigenvalue weighted by Gasteiger charge is -2.13. The number of rotatable bonds is 5. The van der Waals surface area contributed by atoms with Crippen LogP contribution in [0.25, 0.3) is 0 Å². The lowest BCUT2D eigenvalue weighted by atomic mass is 10.1. The topological polar surface area (TPSA) is 45.7 Å². The minimum atomic E-state index is -0.468. The summed E-state index contributed by atoms with van der Waals surface area (Å²) in [5.41, 5.74) is 2.35. The molecule has 2 aromatic carbocycles. The van der Waals surface area contributed by atoms with Gasteiger partial charge in [-0.1, -0.05) is 12.1 Å². The Labute approximate surface area is 163 Å². The zero-order valence-electron chi connectivity index (χ0n) is 14.4. The van der Waals surface area contributed by atoms with Gasteiger partial charge < -0.3 is 15.4 Å². The predicted octanol–water partition coefficient (Wildman–Crippen LogP) is 3.77. The fraction of sp³-hybridized carbons (Fsp3) is 0.278. The number of methoxy groups -OCH3 is 1. The van der Waals surface area contributed by atoms with E-state index in [9.17, 15) is 8.78 Å². The van der Waals surface area contributed by atoms with Crippen LogP contribution in [0.1, 0.15) is 16.7 Å². The van der Waals surface area contributed by atoms with E-state index >= 15 is 0 Å². The Bertz CT molecular complexity index is 738. The Morgan fingerprint density at radius 2 is 1.80 bits per heavy atom. The van der Waals surface area contributed by atoms with Crippen LogP contribution in [0.4, 0.5) is 8.78 Å². The van der Waals surface area contributed by atoms with Gasteiger partial charge in [0.15, 0.2) is 5.96 Å².